The minimum Gasteiger partial charge on any atom is -0.465 e. The van der Waals surface area contributed by atoms with Crippen molar-refractivity contribution in [2.45, 2.75) is 31.9 Å². The van der Waals surface area contributed by atoms with Crippen molar-refractivity contribution in [3.63, 3.8) is 0 Å². The van der Waals surface area contributed by atoms with Gasteiger partial charge in [0.15, 0.2) is 5.78 Å². The lowest BCUT2D eigenvalue weighted by molar-refractivity contribution is -0.137. The van der Waals surface area contributed by atoms with Gasteiger partial charge in [0, 0.05) is 12.0 Å². The fourth-order valence-corrected chi connectivity index (χ4v) is 2.34. The number of Topliss-reactive ketones (excluding diaryl/α,β-unsaturated/α-hetero) is 1. The maximum absolute atomic E-state index is 13.1. The zero-order valence-electron chi connectivity index (χ0n) is 11.5. The van der Waals surface area contributed by atoms with E-state index in [9.17, 15) is 22.8 Å². The lowest BCUT2D eigenvalue weighted by atomic mass is 9.80. The molecule has 0 heterocycles. The molecule has 0 amide bonds. The largest absolute Gasteiger partial charge is 0.465 e. The fraction of sp³-hybridized carbons (Fsp3) is 0.467. The molecule has 0 unspecified atom stereocenters. The van der Waals surface area contributed by atoms with E-state index < -0.39 is 23.5 Å². The highest BCUT2D eigenvalue weighted by Gasteiger charge is 2.36. The van der Waals surface area contributed by atoms with E-state index in [4.69, 9.17) is 0 Å². The minimum absolute atomic E-state index is 0.126. The van der Waals surface area contributed by atoms with E-state index in [1.54, 1.807) is 0 Å². The first-order valence-corrected chi connectivity index (χ1v) is 6.65. The zero-order valence-corrected chi connectivity index (χ0v) is 11.5. The molecule has 0 bridgehead atoms. The van der Waals surface area contributed by atoms with Crippen LogP contribution in [0, 0.1) is 5.92 Å². The fourth-order valence-electron chi connectivity index (χ4n) is 2.34. The average Bonchev–Trinajstić information content (AvgIpc) is 2.40. The first-order valence-electron chi connectivity index (χ1n) is 6.65. The molecule has 0 spiro atoms. The molecule has 2 rings (SSSR count). The third-order valence-electron chi connectivity index (χ3n) is 3.75. The van der Waals surface area contributed by atoms with Crippen LogP contribution >= 0.6 is 0 Å². The predicted octanol–water partition coefficient (Wildman–Crippen LogP) is 3.86. The summed E-state index contributed by atoms with van der Waals surface area (Å²) in [7, 11) is 1.09. The molecular formula is C15H15F3O3. The SMILES string of the molecule is COC(=O)c1ccc(C(=O)CC2CCC2)c(C(F)(F)F)c1. The van der Waals surface area contributed by atoms with Gasteiger partial charge in [-0.25, -0.2) is 4.79 Å². The Morgan fingerprint density at radius 1 is 1.29 bits per heavy atom. The molecule has 6 heteroatoms. The quantitative estimate of drug-likeness (QED) is 0.626. The highest BCUT2D eigenvalue weighted by molar-refractivity contribution is 5.99. The molecule has 0 atom stereocenters. The van der Waals surface area contributed by atoms with Gasteiger partial charge in [-0.1, -0.05) is 19.3 Å². The molecular weight excluding hydrogens is 285 g/mol. The second-order valence-electron chi connectivity index (χ2n) is 5.17. The van der Waals surface area contributed by atoms with E-state index in [1.807, 2.05) is 0 Å². The minimum atomic E-state index is -4.69. The summed E-state index contributed by atoms with van der Waals surface area (Å²) in [5.74, 6) is -1.21. The zero-order chi connectivity index (χ0) is 15.6. The number of ether oxygens (including phenoxy) is 1. The lowest BCUT2D eigenvalue weighted by Gasteiger charge is -2.25. The summed E-state index contributed by atoms with van der Waals surface area (Å²) in [6.07, 6.45) is -1.78. The third kappa shape index (κ3) is 3.43. The first-order chi connectivity index (χ1) is 9.82. The molecule has 21 heavy (non-hydrogen) atoms. The van der Waals surface area contributed by atoms with Crippen molar-refractivity contribution in [3.05, 3.63) is 34.9 Å². The van der Waals surface area contributed by atoms with Crippen LogP contribution in [0.3, 0.4) is 0 Å². The number of ketones is 1. The van der Waals surface area contributed by atoms with Crippen molar-refractivity contribution in [3.8, 4) is 0 Å². The van der Waals surface area contributed by atoms with Gasteiger partial charge >= 0.3 is 12.1 Å². The molecule has 1 saturated carbocycles. The molecule has 1 aliphatic rings. The smallest absolute Gasteiger partial charge is 0.417 e. The Bertz CT molecular complexity index is 560. The Labute approximate surface area is 120 Å². The molecule has 0 aliphatic heterocycles. The number of benzene rings is 1. The number of carbonyl (C=O) groups excluding carboxylic acids is 2. The summed E-state index contributed by atoms with van der Waals surface area (Å²) in [6, 6.07) is 2.94. The van der Waals surface area contributed by atoms with Gasteiger partial charge in [0.2, 0.25) is 0 Å². The Morgan fingerprint density at radius 3 is 2.43 bits per heavy atom. The maximum atomic E-state index is 13.1. The van der Waals surface area contributed by atoms with Crippen LogP contribution in [0.15, 0.2) is 18.2 Å². The van der Waals surface area contributed by atoms with Gasteiger partial charge in [-0.2, -0.15) is 13.2 Å². The van der Waals surface area contributed by atoms with E-state index >= 15 is 0 Å². The van der Waals surface area contributed by atoms with Gasteiger partial charge in [0.25, 0.3) is 0 Å². The van der Waals surface area contributed by atoms with Crippen molar-refractivity contribution in [1.82, 2.24) is 0 Å². The van der Waals surface area contributed by atoms with Gasteiger partial charge in [-0.3, -0.25) is 4.79 Å². The summed E-state index contributed by atoms with van der Waals surface area (Å²) >= 11 is 0. The average molecular weight is 300 g/mol. The summed E-state index contributed by atoms with van der Waals surface area (Å²) < 4.78 is 43.7. The summed E-state index contributed by atoms with van der Waals surface area (Å²) in [6.45, 7) is 0. The number of carbonyl (C=O) groups is 2. The number of hydrogen-bond donors (Lipinski definition) is 0. The Kier molecular flexibility index (Phi) is 4.34. The van der Waals surface area contributed by atoms with Gasteiger partial charge in [-0.05, 0) is 24.1 Å². The number of alkyl halides is 3. The molecule has 1 aromatic rings. The summed E-state index contributed by atoms with van der Waals surface area (Å²) in [4.78, 5) is 23.4. The number of hydrogen-bond acceptors (Lipinski definition) is 3. The van der Waals surface area contributed by atoms with Crippen LogP contribution in [0.4, 0.5) is 13.2 Å². The van der Waals surface area contributed by atoms with Crippen molar-refractivity contribution >= 4 is 11.8 Å². The van der Waals surface area contributed by atoms with E-state index in [-0.39, 0.29) is 23.5 Å². The van der Waals surface area contributed by atoms with Gasteiger partial charge in [-0.15, -0.1) is 0 Å². The molecule has 0 N–H and O–H groups in total. The molecule has 3 nitrogen and oxygen atoms in total. The second kappa shape index (κ2) is 5.87. The number of esters is 1. The van der Waals surface area contributed by atoms with Crippen LogP contribution in [0.2, 0.25) is 0 Å². The first kappa shape index (κ1) is 15.5. The molecule has 114 valence electrons. The molecule has 1 aliphatic carbocycles. The van der Waals surface area contributed by atoms with E-state index in [2.05, 4.69) is 4.74 Å². The van der Waals surface area contributed by atoms with Crippen molar-refractivity contribution < 1.29 is 27.5 Å². The molecule has 1 aromatic carbocycles. The van der Waals surface area contributed by atoms with E-state index in [0.717, 1.165) is 32.4 Å². The normalized spacial score (nSPS) is 15.4. The van der Waals surface area contributed by atoms with E-state index in [1.165, 1.54) is 6.07 Å². The molecule has 1 fully saturated rings. The summed E-state index contributed by atoms with van der Waals surface area (Å²) in [5.41, 5.74) is -1.67. The van der Waals surface area contributed by atoms with Crippen molar-refractivity contribution in [2.75, 3.05) is 7.11 Å². The second-order valence-corrected chi connectivity index (χ2v) is 5.17. The van der Waals surface area contributed by atoms with Crippen LogP contribution in [0.25, 0.3) is 0 Å². The van der Waals surface area contributed by atoms with Gasteiger partial charge in [0.1, 0.15) is 0 Å². The van der Waals surface area contributed by atoms with Crippen LogP contribution in [-0.2, 0) is 10.9 Å². The summed E-state index contributed by atoms with van der Waals surface area (Å²) in [5, 5.41) is 0. The third-order valence-corrected chi connectivity index (χ3v) is 3.75. The number of halogens is 3. The highest BCUT2D eigenvalue weighted by atomic mass is 19.4. The number of rotatable bonds is 4. The molecule has 0 aromatic heterocycles. The molecule has 0 saturated heterocycles. The Morgan fingerprint density at radius 2 is 1.95 bits per heavy atom. The standard InChI is InChI=1S/C15H15F3O3/c1-21-14(20)10-5-6-11(12(8-10)15(16,17)18)13(19)7-9-3-2-4-9/h5-6,8-9H,2-4,7H2,1H3. The van der Waals surface area contributed by atoms with E-state index in [0.29, 0.717) is 6.07 Å². The van der Waals surface area contributed by atoms with Crippen LogP contribution in [0.5, 0.6) is 0 Å². The monoisotopic (exact) mass is 300 g/mol. The predicted molar refractivity (Wildman–Crippen MR) is 69.1 cm³/mol. The van der Waals surface area contributed by atoms with Gasteiger partial charge in [0.05, 0.1) is 18.2 Å². The molecule has 0 radical (unpaired) electrons. The highest BCUT2D eigenvalue weighted by Crippen LogP contribution is 2.36. The van der Waals surface area contributed by atoms with Crippen LogP contribution in [0.1, 0.15) is 52.0 Å². The van der Waals surface area contributed by atoms with Crippen molar-refractivity contribution in [1.29, 1.82) is 0 Å². The van der Waals surface area contributed by atoms with Gasteiger partial charge < -0.3 is 4.74 Å². The van der Waals surface area contributed by atoms with Crippen molar-refractivity contribution in [2.24, 2.45) is 5.92 Å². The van der Waals surface area contributed by atoms with Crippen LogP contribution < -0.4 is 0 Å². The maximum Gasteiger partial charge on any atom is 0.417 e. The lowest BCUT2D eigenvalue weighted by Crippen LogP contribution is -2.20. The van der Waals surface area contributed by atoms with Crippen LogP contribution in [-0.4, -0.2) is 18.9 Å². The Balaban J connectivity index is 2.35. The number of methoxy groups -OCH3 is 1. The topological polar surface area (TPSA) is 43.4 Å². The Hall–Kier alpha value is -1.85.